The maximum atomic E-state index is 10.9. The molecule has 3 rings (SSSR count). The Morgan fingerprint density at radius 3 is 2.73 bits per heavy atom. The molecule has 0 aliphatic heterocycles. The molecule has 1 aromatic carbocycles. The van der Waals surface area contributed by atoms with Crippen molar-refractivity contribution in [2.75, 3.05) is 0 Å². The molecule has 3 aromatic rings. The van der Waals surface area contributed by atoms with E-state index < -0.39 is 11.7 Å². The normalized spacial score (nSPS) is 11.5. The van der Waals surface area contributed by atoms with Crippen LogP contribution in [0.15, 0.2) is 40.8 Å². The number of aromatic amines is 1. The first-order valence-corrected chi connectivity index (χ1v) is 8.40. The number of benzene rings is 1. The molecular formula is C19H22N4O3. The highest BCUT2D eigenvalue weighted by Crippen LogP contribution is 2.29. The molecule has 7 nitrogen and oxygen atoms in total. The molecule has 7 heteroatoms. The molecule has 3 N–H and O–H groups in total. The summed E-state index contributed by atoms with van der Waals surface area (Å²) < 4.78 is 11.0. The van der Waals surface area contributed by atoms with Gasteiger partial charge in [0.1, 0.15) is 11.3 Å². The molecule has 26 heavy (non-hydrogen) atoms. The van der Waals surface area contributed by atoms with Gasteiger partial charge in [-0.05, 0) is 51.8 Å². The van der Waals surface area contributed by atoms with Crippen LogP contribution in [-0.2, 0) is 11.2 Å². The zero-order valence-electron chi connectivity index (χ0n) is 15.1. The van der Waals surface area contributed by atoms with Gasteiger partial charge in [0.25, 0.3) is 0 Å². The number of carbonyl (C=O) groups is 1. The van der Waals surface area contributed by atoms with Crippen LogP contribution in [0.3, 0.4) is 0 Å². The number of H-pyrrole nitrogens is 1. The van der Waals surface area contributed by atoms with Crippen LogP contribution >= 0.6 is 0 Å². The molecule has 0 aliphatic rings. The predicted molar refractivity (Wildman–Crippen MR) is 97.3 cm³/mol. The van der Waals surface area contributed by atoms with Crippen LogP contribution in [-0.4, -0.2) is 26.9 Å². The third kappa shape index (κ3) is 4.11. The zero-order valence-corrected chi connectivity index (χ0v) is 15.1. The number of nitrogens with one attached hydrogen (secondary N) is 1. The van der Waals surface area contributed by atoms with Gasteiger partial charge in [0, 0.05) is 11.3 Å². The van der Waals surface area contributed by atoms with Crippen molar-refractivity contribution in [3.63, 3.8) is 0 Å². The van der Waals surface area contributed by atoms with Gasteiger partial charge in [-0.25, -0.2) is 9.78 Å². The molecule has 136 valence electrons. The summed E-state index contributed by atoms with van der Waals surface area (Å²) in [5, 5.41) is 7.32. The largest absolute Gasteiger partial charge is 0.444 e. The van der Waals surface area contributed by atoms with E-state index in [-0.39, 0.29) is 0 Å². The number of nitrogens with zero attached hydrogens (tertiary/aromatic N) is 2. The highest BCUT2D eigenvalue weighted by atomic mass is 16.6. The van der Waals surface area contributed by atoms with Crippen LogP contribution in [0.25, 0.3) is 22.9 Å². The Kier molecular flexibility index (Phi) is 4.79. The van der Waals surface area contributed by atoms with E-state index in [1.54, 1.807) is 0 Å². The Labute approximate surface area is 151 Å². The zero-order chi connectivity index (χ0) is 18.7. The molecule has 0 saturated carbocycles. The van der Waals surface area contributed by atoms with Gasteiger partial charge in [-0.15, -0.1) is 0 Å². The Balaban J connectivity index is 1.74. The molecule has 0 aliphatic carbocycles. The summed E-state index contributed by atoms with van der Waals surface area (Å²) in [7, 11) is 0. The van der Waals surface area contributed by atoms with Crippen molar-refractivity contribution in [2.45, 2.75) is 39.2 Å². The smallest absolute Gasteiger partial charge is 0.405 e. The van der Waals surface area contributed by atoms with E-state index in [1.165, 1.54) is 0 Å². The molecule has 0 fully saturated rings. The molecule has 0 atom stereocenters. The number of aromatic nitrogens is 3. The maximum absolute atomic E-state index is 10.9. The fourth-order valence-electron chi connectivity index (χ4n) is 2.70. The van der Waals surface area contributed by atoms with Crippen molar-refractivity contribution in [1.82, 2.24) is 15.2 Å². The second-order valence-electron chi connectivity index (χ2n) is 6.76. The van der Waals surface area contributed by atoms with Crippen LogP contribution in [0, 0.1) is 6.92 Å². The van der Waals surface area contributed by atoms with Crippen LogP contribution in [0.1, 0.15) is 31.7 Å². The molecule has 0 saturated heterocycles. The summed E-state index contributed by atoms with van der Waals surface area (Å²) in [4.78, 5) is 15.4. The summed E-state index contributed by atoms with van der Waals surface area (Å²) >= 11 is 0. The third-order valence-electron chi connectivity index (χ3n) is 4.05. The van der Waals surface area contributed by atoms with Crippen molar-refractivity contribution in [3.8, 4) is 22.9 Å². The van der Waals surface area contributed by atoms with Crippen LogP contribution in [0.4, 0.5) is 4.79 Å². The van der Waals surface area contributed by atoms with Crippen LogP contribution in [0.5, 0.6) is 0 Å². The number of oxazole rings is 1. The Morgan fingerprint density at radius 1 is 1.31 bits per heavy atom. The van der Waals surface area contributed by atoms with E-state index in [1.807, 2.05) is 57.2 Å². The topological polar surface area (TPSA) is 107 Å². The van der Waals surface area contributed by atoms with E-state index >= 15 is 0 Å². The number of carbonyl (C=O) groups excluding carboxylic acids is 1. The molecule has 1 amide bonds. The number of aryl methyl sites for hydroxylation is 2. The molecule has 0 bridgehead atoms. The molecule has 0 radical (unpaired) electrons. The lowest BCUT2D eigenvalue weighted by Gasteiger charge is -2.23. The summed E-state index contributed by atoms with van der Waals surface area (Å²) in [6, 6.07) is 11.7. The van der Waals surface area contributed by atoms with Crippen LogP contribution in [0.2, 0.25) is 0 Å². The minimum absolute atomic E-state index is 0.568. The molecule has 2 heterocycles. The summed E-state index contributed by atoms with van der Waals surface area (Å²) in [5.41, 5.74) is 7.76. The van der Waals surface area contributed by atoms with Gasteiger partial charge in [-0.2, -0.15) is 5.10 Å². The van der Waals surface area contributed by atoms with Crippen molar-refractivity contribution in [2.24, 2.45) is 5.73 Å². The highest BCUT2D eigenvalue weighted by molar-refractivity contribution is 5.65. The number of hydrogen-bond acceptors (Lipinski definition) is 5. The van der Waals surface area contributed by atoms with Gasteiger partial charge >= 0.3 is 6.09 Å². The average molecular weight is 354 g/mol. The molecular weight excluding hydrogens is 332 g/mol. The van der Waals surface area contributed by atoms with Gasteiger partial charge in [0.15, 0.2) is 5.76 Å². The Morgan fingerprint density at radius 2 is 2.04 bits per heavy atom. The monoisotopic (exact) mass is 354 g/mol. The van der Waals surface area contributed by atoms with E-state index in [2.05, 4.69) is 15.2 Å². The number of hydrogen-bond donors (Lipinski definition) is 2. The average Bonchev–Trinajstić information content (AvgIpc) is 3.19. The van der Waals surface area contributed by atoms with Crippen molar-refractivity contribution in [1.29, 1.82) is 0 Å². The molecule has 0 spiro atoms. The fraction of sp³-hybridized carbons (Fsp3) is 0.316. The maximum Gasteiger partial charge on any atom is 0.405 e. The standard InChI is InChI=1S/C19H22N4O3/c1-12-16(25-17(21-12)13-7-5-4-6-8-13)15-11-14(22-23-15)9-10-19(2,3)26-18(20)24/h4-8,11H,9-10H2,1-3H3,(H2,20,24)(H,22,23). The van der Waals surface area contributed by atoms with E-state index in [9.17, 15) is 4.79 Å². The number of amides is 1. The SMILES string of the molecule is Cc1nc(-c2ccccc2)oc1-c1cc(CCC(C)(C)OC(N)=O)[nH]n1. The lowest BCUT2D eigenvalue weighted by Crippen LogP contribution is -2.31. The summed E-state index contributed by atoms with van der Waals surface area (Å²) in [6.07, 6.45) is 0.500. The Hall–Kier alpha value is -3.09. The predicted octanol–water partition coefficient (Wildman–Crippen LogP) is 3.85. The fourth-order valence-corrected chi connectivity index (χ4v) is 2.70. The quantitative estimate of drug-likeness (QED) is 0.699. The first-order chi connectivity index (χ1) is 12.3. The van der Waals surface area contributed by atoms with Crippen LogP contribution < -0.4 is 5.73 Å². The van der Waals surface area contributed by atoms with Gasteiger partial charge in [0.05, 0.1) is 5.69 Å². The van der Waals surface area contributed by atoms with E-state index in [0.29, 0.717) is 30.2 Å². The summed E-state index contributed by atoms with van der Waals surface area (Å²) in [5.74, 6) is 1.21. The van der Waals surface area contributed by atoms with Crippen molar-refractivity contribution in [3.05, 3.63) is 47.8 Å². The number of ether oxygens (including phenoxy) is 1. The summed E-state index contributed by atoms with van der Waals surface area (Å²) in [6.45, 7) is 5.53. The van der Waals surface area contributed by atoms with Gasteiger partial charge in [0.2, 0.25) is 5.89 Å². The lowest BCUT2D eigenvalue weighted by atomic mass is 10.0. The molecule has 0 unspecified atom stereocenters. The highest BCUT2D eigenvalue weighted by Gasteiger charge is 2.22. The van der Waals surface area contributed by atoms with Crippen molar-refractivity contribution < 1.29 is 13.9 Å². The first-order valence-electron chi connectivity index (χ1n) is 8.40. The second kappa shape index (κ2) is 7.03. The number of nitrogens with two attached hydrogens (primary N) is 1. The minimum Gasteiger partial charge on any atom is -0.444 e. The number of primary amides is 1. The van der Waals surface area contributed by atoms with E-state index in [4.69, 9.17) is 14.9 Å². The lowest BCUT2D eigenvalue weighted by molar-refractivity contribution is 0.0392. The molecule has 2 aromatic heterocycles. The number of rotatable bonds is 6. The minimum atomic E-state index is -0.772. The van der Waals surface area contributed by atoms with Crippen molar-refractivity contribution >= 4 is 6.09 Å². The first kappa shape index (κ1) is 17.7. The van der Waals surface area contributed by atoms with Gasteiger partial charge < -0.3 is 14.9 Å². The Bertz CT molecular complexity index is 897. The second-order valence-corrected chi connectivity index (χ2v) is 6.76. The van der Waals surface area contributed by atoms with E-state index in [0.717, 1.165) is 17.0 Å². The third-order valence-corrected chi connectivity index (χ3v) is 4.05. The van der Waals surface area contributed by atoms with Gasteiger partial charge in [-0.1, -0.05) is 18.2 Å². The van der Waals surface area contributed by atoms with Gasteiger partial charge in [-0.3, -0.25) is 5.10 Å².